The smallest absolute Gasteiger partial charge is 0.160 e. The Morgan fingerprint density at radius 3 is 1.60 bits per heavy atom. The first kappa shape index (κ1) is 38.2. The third-order valence-electron chi connectivity index (χ3n) is 11.8. The first-order chi connectivity index (χ1) is 32.2. The van der Waals surface area contributed by atoms with E-state index < -0.39 is 0 Å². The van der Waals surface area contributed by atoms with Crippen LogP contribution < -0.4 is 4.90 Å². The Kier molecular flexibility index (Phi) is 9.24. The number of anilines is 3. The maximum atomic E-state index is 5.41. The number of rotatable bonds is 8. The van der Waals surface area contributed by atoms with Crippen molar-refractivity contribution in [2.24, 2.45) is 4.99 Å². The molecule has 12 rings (SSSR count). The summed E-state index contributed by atoms with van der Waals surface area (Å²) in [5.41, 5.74) is 15.7. The van der Waals surface area contributed by atoms with E-state index in [1.54, 1.807) is 11.8 Å². The molecule has 7 heterocycles. The molecule has 9 nitrogen and oxygen atoms in total. The van der Waals surface area contributed by atoms with E-state index in [1.807, 2.05) is 86.2 Å². The number of nitrogens with zero attached hydrogens (tertiary/aromatic N) is 9. The van der Waals surface area contributed by atoms with E-state index >= 15 is 0 Å². The summed E-state index contributed by atoms with van der Waals surface area (Å²) in [4.78, 5) is 34.8. The van der Waals surface area contributed by atoms with Crippen molar-refractivity contribution in [1.82, 2.24) is 34.1 Å². The monoisotopic (exact) mass is 855 g/mol. The Labute approximate surface area is 378 Å². The lowest BCUT2D eigenvalue weighted by Crippen LogP contribution is -2.20. The summed E-state index contributed by atoms with van der Waals surface area (Å²) in [6.45, 7) is 6.11. The van der Waals surface area contributed by atoms with Gasteiger partial charge in [-0.2, -0.15) is 0 Å². The highest BCUT2D eigenvalue weighted by molar-refractivity contribution is 7.99. The van der Waals surface area contributed by atoms with Gasteiger partial charge in [0.2, 0.25) is 0 Å². The summed E-state index contributed by atoms with van der Waals surface area (Å²) in [5, 5.41) is 0. The van der Waals surface area contributed by atoms with Crippen LogP contribution in [0.5, 0.6) is 0 Å². The van der Waals surface area contributed by atoms with Gasteiger partial charge in [0, 0.05) is 45.1 Å². The molecule has 0 fully saturated rings. The fourth-order valence-electron chi connectivity index (χ4n) is 9.09. The molecule has 65 heavy (non-hydrogen) atoms. The molecule has 308 valence electrons. The highest BCUT2D eigenvalue weighted by atomic mass is 32.2. The van der Waals surface area contributed by atoms with Gasteiger partial charge in [-0.25, -0.2) is 9.97 Å². The maximum absolute atomic E-state index is 5.41. The summed E-state index contributed by atoms with van der Waals surface area (Å²) in [5.74, 6) is 0.624. The third-order valence-corrected chi connectivity index (χ3v) is 13.0. The minimum Gasteiger partial charge on any atom is -0.304 e. The van der Waals surface area contributed by atoms with Gasteiger partial charge < -0.3 is 14.0 Å². The van der Waals surface area contributed by atoms with Crippen molar-refractivity contribution in [1.29, 1.82) is 0 Å². The van der Waals surface area contributed by atoms with Gasteiger partial charge in [-0.3, -0.25) is 19.9 Å². The van der Waals surface area contributed by atoms with Crippen molar-refractivity contribution >= 4 is 80.4 Å². The minimum atomic E-state index is 0.624. The Morgan fingerprint density at radius 1 is 0.508 bits per heavy atom. The Bertz CT molecular complexity index is 3530. The number of aromatic nitrogens is 7. The molecule has 0 saturated carbocycles. The second kappa shape index (κ2) is 15.7. The predicted octanol–water partition coefficient (Wildman–Crippen LogP) is 14.0. The van der Waals surface area contributed by atoms with Crippen LogP contribution in [0.1, 0.15) is 12.6 Å². The average Bonchev–Trinajstić information content (AvgIpc) is 3.88. The number of para-hydroxylation sites is 2. The molecule has 0 radical (unpaired) electrons. The molecule has 0 N–H and O–H groups in total. The number of fused-ring (bicyclic) bond motifs is 6. The van der Waals surface area contributed by atoms with Crippen LogP contribution in [0.2, 0.25) is 0 Å². The van der Waals surface area contributed by atoms with Gasteiger partial charge in [0.15, 0.2) is 5.82 Å². The van der Waals surface area contributed by atoms with Crippen LogP contribution in [-0.2, 0) is 0 Å². The molecule has 0 unspecified atom stereocenters. The van der Waals surface area contributed by atoms with E-state index in [4.69, 9.17) is 24.9 Å². The summed E-state index contributed by atoms with van der Waals surface area (Å²) < 4.78 is 4.59. The van der Waals surface area contributed by atoms with Crippen molar-refractivity contribution in [3.05, 3.63) is 194 Å². The molecule has 1 aliphatic rings. The molecule has 11 aromatic rings. The molecule has 0 saturated heterocycles. The number of pyridine rings is 3. The topological polar surface area (TPSA) is 89.9 Å². The van der Waals surface area contributed by atoms with E-state index in [0.29, 0.717) is 11.5 Å². The highest BCUT2D eigenvalue weighted by Gasteiger charge is 2.33. The van der Waals surface area contributed by atoms with Gasteiger partial charge in [-0.15, -0.1) is 0 Å². The molecule has 6 aromatic heterocycles. The molecule has 0 atom stereocenters. The second-order valence-corrected chi connectivity index (χ2v) is 16.7. The van der Waals surface area contributed by atoms with Crippen LogP contribution in [0.15, 0.2) is 203 Å². The lowest BCUT2D eigenvalue weighted by molar-refractivity contribution is 1.05. The van der Waals surface area contributed by atoms with Crippen LogP contribution in [-0.4, -0.2) is 40.8 Å². The summed E-state index contributed by atoms with van der Waals surface area (Å²) in [6.07, 6.45) is 9.62. The molecule has 1 aliphatic heterocycles. The first-order valence-corrected chi connectivity index (χ1v) is 22.1. The standard InChI is InChI=1S/C55H37N9S/c1-3-17-42-50(56-2)51-43(24-14-29-57-51)62(42)46-32-37(39-34-38(35-18-6-4-7-19-35)60-55(61-39)36-20-8-5-9-21-36)33-47(63-44-25-15-30-58-52(44)53-45(63)26-16-31-59-53)54(46)64-40-22-10-12-27-48(40)65-49-28-13-11-23-41(49)64/h3-34H,2H2,1H3/b17-3-. The van der Waals surface area contributed by atoms with Crippen molar-refractivity contribution in [3.63, 3.8) is 0 Å². The molecule has 0 spiro atoms. The van der Waals surface area contributed by atoms with Crippen molar-refractivity contribution in [2.75, 3.05) is 4.90 Å². The van der Waals surface area contributed by atoms with Gasteiger partial charge in [-0.1, -0.05) is 103 Å². The van der Waals surface area contributed by atoms with Gasteiger partial charge in [0.1, 0.15) is 22.2 Å². The average molecular weight is 856 g/mol. The summed E-state index contributed by atoms with van der Waals surface area (Å²) in [7, 11) is 0. The van der Waals surface area contributed by atoms with E-state index in [1.165, 1.54) is 0 Å². The van der Waals surface area contributed by atoms with E-state index in [0.717, 1.165) is 105 Å². The zero-order valence-electron chi connectivity index (χ0n) is 35.1. The van der Waals surface area contributed by atoms with Crippen LogP contribution in [0.25, 0.3) is 84.5 Å². The SMILES string of the molecule is C=Nc1c(/C=C\C)n(-c2cc(-c3cc(-c4ccccc4)nc(-c4ccccc4)n3)cc(-n3c4cccnc4c4ncccc43)c2N2c3ccccc3Sc3ccccc32)c2cccnc12. The molecule has 5 aromatic carbocycles. The van der Waals surface area contributed by atoms with Gasteiger partial charge in [0.25, 0.3) is 0 Å². The minimum absolute atomic E-state index is 0.624. The predicted molar refractivity (Wildman–Crippen MR) is 266 cm³/mol. The number of benzene rings is 5. The van der Waals surface area contributed by atoms with Crippen molar-refractivity contribution in [2.45, 2.75) is 16.7 Å². The number of hydrogen-bond donors (Lipinski definition) is 0. The lowest BCUT2D eigenvalue weighted by atomic mass is 10.0. The highest BCUT2D eigenvalue weighted by Crippen LogP contribution is 2.55. The molecule has 10 heteroatoms. The lowest BCUT2D eigenvalue weighted by Gasteiger charge is -2.36. The van der Waals surface area contributed by atoms with E-state index in [2.05, 4.69) is 141 Å². The van der Waals surface area contributed by atoms with E-state index in [-0.39, 0.29) is 0 Å². The largest absolute Gasteiger partial charge is 0.304 e. The molecular formula is C55H37N9S. The van der Waals surface area contributed by atoms with Crippen molar-refractivity contribution in [3.8, 4) is 45.3 Å². The van der Waals surface area contributed by atoms with Gasteiger partial charge in [0.05, 0.1) is 62.1 Å². The summed E-state index contributed by atoms with van der Waals surface area (Å²) in [6, 6.07) is 56.6. The molecule has 0 amide bonds. The fraction of sp³-hybridized carbons (Fsp3) is 0.0182. The van der Waals surface area contributed by atoms with Crippen LogP contribution in [0.3, 0.4) is 0 Å². The quantitative estimate of drug-likeness (QED) is 0.141. The van der Waals surface area contributed by atoms with E-state index in [9.17, 15) is 0 Å². The Morgan fingerprint density at radius 2 is 1.02 bits per heavy atom. The number of hydrogen-bond acceptors (Lipinski definition) is 8. The van der Waals surface area contributed by atoms with Gasteiger partial charge in [-0.05, 0) is 98.6 Å². The second-order valence-electron chi connectivity index (χ2n) is 15.6. The normalized spacial score (nSPS) is 12.3. The Hall–Kier alpha value is -8.47. The van der Waals surface area contributed by atoms with Crippen molar-refractivity contribution < 1.29 is 0 Å². The van der Waals surface area contributed by atoms with Crippen LogP contribution >= 0.6 is 11.8 Å². The van der Waals surface area contributed by atoms with Crippen LogP contribution in [0.4, 0.5) is 22.7 Å². The first-order valence-electron chi connectivity index (χ1n) is 21.3. The zero-order chi connectivity index (χ0) is 43.4. The zero-order valence-corrected chi connectivity index (χ0v) is 35.9. The molecular weight excluding hydrogens is 819 g/mol. The third kappa shape index (κ3) is 6.25. The van der Waals surface area contributed by atoms with Crippen LogP contribution in [0, 0.1) is 0 Å². The summed E-state index contributed by atoms with van der Waals surface area (Å²) >= 11 is 1.77. The van der Waals surface area contributed by atoms with Gasteiger partial charge >= 0.3 is 0 Å². The Balaban J connectivity index is 1.30. The number of allylic oxidation sites excluding steroid dienone is 1. The number of aliphatic imine (C=N–C) groups is 1. The molecule has 0 aliphatic carbocycles. The molecule has 0 bridgehead atoms. The maximum Gasteiger partial charge on any atom is 0.160 e. The fourth-order valence-corrected chi connectivity index (χ4v) is 10.1.